The van der Waals surface area contributed by atoms with Crippen molar-refractivity contribution in [2.75, 3.05) is 46.2 Å². The number of carbonyl (C=O) groups excluding carboxylic acids is 4. The summed E-state index contributed by atoms with van der Waals surface area (Å²) in [7, 11) is 0. The normalized spacial score (nSPS) is 45.9. The van der Waals surface area contributed by atoms with Crippen LogP contribution in [0, 0.1) is 0 Å². The van der Waals surface area contributed by atoms with Crippen LogP contribution in [-0.4, -0.2) is 466 Å². The van der Waals surface area contributed by atoms with Crippen LogP contribution in [0.25, 0.3) is 0 Å². The average Bonchev–Trinajstić information content (AvgIpc) is 0.755. The van der Waals surface area contributed by atoms with Crippen LogP contribution in [0.2, 0.25) is 0 Å². The van der Waals surface area contributed by atoms with Gasteiger partial charge in [-0.3, -0.25) is 19.2 Å². The Morgan fingerprint density at radius 1 is 0.384 bits per heavy atom. The Balaban J connectivity index is 1.02. The van der Waals surface area contributed by atoms with E-state index >= 15 is 0 Å². The molecule has 112 heavy (non-hydrogen) atoms. The number of nitrogens with one attached hydrogen (secondary N) is 4. The molecule has 4 amide bonds. The number of carboxylic acids is 2. The van der Waals surface area contributed by atoms with E-state index in [0.29, 0.717) is 0 Å². The fourth-order valence-corrected chi connectivity index (χ4v) is 14.3. The molecule has 0 aliphatic carbocycles. The lowest BCUT2D eigenvalue weighted by Gasteiger charge is -2.52. The molecule has 0 bridgehead atoms. The topological polar surface area (TPSA) is 795 Å². The molecule has 0 aromatic carbocycles. The van der Waals surface area contributed by atoms with E-state index in [4.69, 9.17) is 71.1 Å². The standard InChI is InChI=1S/C62H102N4O46/c1-15-33(81)40(88)42(90)56(99-15)107-49-32(66-19(5)76)54(103-27(13-72)46(49)106-58-44(92)51(38(86)25(11-70)102-58)112-62(60(96)97)7-21(78)30(64-17(3)74)48(110-62)35(83)23(80)9-68)98-14-28-36(84)41(89)52(53(93)100-28)108-55-31(65-18(4)75)39(87)45(26(12-71)104-55)105-57-43(91)50(37(85)24(10-69)101-57)111-61(59(94)95)6-20(77)29(63-16(2)73)47(109-61)34(82)22(79)8-67/h15,20-58,67-72,77-93H,6-14H2,1-5H3,(H,63,73)(H,64,74)(H,65,75)(H,66,76)(H,94,95)(H,96,97)/t15-,20-,21-,22+,23+,24+,25+,26+,27+,28+,29+,30+,31+,32+,33+,34+,35+,36+,37-,38-,39+,40+,41-,42-,43+,44+,45+,46+,47+,48+,49+,50-,51-,52-,53-,54+,55-,56-,57-,58-,61-,62-/m0/s1. The summed E-state index contributed by atoms with van der Waals surface area (Å²) in [5.74, 6) is -14.5. The highest BCUT2D eigenvalue weighted by Gasteiger charge is 2.64. The minimum absolute atomic E-state index is 0.858. The zero-order valence-corrected chi connectivity index (χ0v) is 60.2. The number of ether oxygens (including phenoxy) is 15. The van der Waals surface area contributed by atoms with Gasteiger partial charge in [-0.1, -0.05) is 0 Å². The molecule has 0 unspecified atom stereocenters. The van der Waals surface area contributed by atoms with Crippen molar-refractivity contribution >= 4 is 35.6 Å². The molecule has 50 nitrogen and oxygen atoms in total. The second-order valence-corrected chi connectivity index (χ2v) is 28.2. The van der Waals surface area contributed by atoms with Gasteiger partial charge in [0.2, 0.25) is 23.6 Å². The lowest BCUT2D eigenvalue weighted by Crippen LogP contribution is -2.71. The Morgan fingerprint density at radius 3 is 1.20 bits per heavy atom. The Bertz CT molecular complexity index is 3090. The van der Waals surface area contributed by atoms with Crippen molar-refractivity contribution in [3.63, 3.8) is 0 Å². The molecule has 8 rings (SSSR count). The van der Waals surface area contributed by atoms with Crippen LogP contribution in [0.3, 0.4) is 0 Å². The van der Waals surface area contributed by atoms with Crippen LogP contribution in [0.5, 0.6) is 0 Å². The molecule has 0 spiro atoms. The molecule has 0 aromatic rings. The van der Waals surface area contributed by atoms with Crippen molar-refractivity contribution in [3.8, 4) is 0 Å². The number of hydrogen-bond acceptors (Lipinski definition) is 44. The first-order valence-electron chi connectivity index (χ1n) is 35.2. The number of aliphatic hydroxyl groups excluding tert-OH is 23. The molecule has 8 fully saturated rings. The van der Waals surface area contributed by atoms with Crippen molar-refractivity contribution in [2.45, 2.75) is 304 Å². The predicted octanol–water partition coefficient (Wildman–Crippen LogP) is -18.4. The molecule has 8 heterocycles. The van der Waals surface area contributed by atoms with E-state index in [0.717, 1.165) is 27.7 Å². The fraction of sp³-hybridized carbons (Fsp3) is 0.903. The van der Waals surface area contributed by atoms with Gasteiger partial charge in [-0.2, -0.15) is 0 Å². The number of aliphatic hydroxyl groups is 23. The average molecular weight is 1640 g/mol. The zero-order chi connectivity index (χ0) is 83.4. The highest BCUT2D eigenvalue weighted by molar-refractivity contribution is 5.78. The largest absolute Gasteiger partial charge is 0.477 e. The molecule has 8 saturated heterocycles. The third-order valence-electron chi connectivity index (χ3n) is 20.1. The van der Waals surface area contributed by atoms with Crippen LogP contribution < -0.4 is 21.3 Å². The van der Waals surface area contributed by atoms with E-state index in [1.807, 2.05) is 0 Å². The quantitative estimate of drug-likeness (QED) is 0.0306. The number of carboxylic acid groups (broad SMARTS) is 2. The molecule has 0 radical (unpaired) electrons. The van der Waals surface area contributed by atoms with Gasteiger partial charge in [0.15, 0.2) is 37.7 Å². The minimum Gasteiger partial charge on any atom is -0.477 e. The van der Waals surface area contributed by atoms with Crippen LogP contribution >= 0.6 is 0 Å². The molecular weight excluding hydrogens is 1540 g/mol. The predicted molar refractivity (Wildman–Crippen MR) is 344 cm³/mol. The molecule has 8 aliphatic rings. The Labute approximate surface area is 633 Å². The molecular formula is C62H102N4O46. The number of amides is 4. The number of hydrogen-bond donors (Lipinski definition) is 29. The van der Waals surface area contributed by atoms with Crippen molar-refractivity contribution in [2.24, 2.45) is 0 Å². The second-order valence-electron chi connectivity index (χ2n) is 28.2. The highest BCUT2D eigenvalue weighted by Crippen LogP contribution is 2.43. The Kier molecular flexibility index (Phi) is 32.5. The first-order chi connectivity index (χ1) is 52.6. The van der Waals surface area contributed by atoms with Crippen molar-refractivity contribution < 1.29 is 227 Å². The summed E-state index contributed by atoms with van der Waals surface area (Å²) in [4.78, 5) is 76.9. The van der Waals surface area contributed by atoms with Gasteiger partial charge in [-0.05, 0) is 6.92 Å². The van der Waals surface area contributed by atoms with Gasteiger partial charge in [0.05, 0.1) is 76.6 Å². The van der Waals surface area contributed by atoms with Gasteiger partial charge in [-0.15, -0.1) is 0 Å². The molecule has 42 atom stereocenters. The third-order valence-corrected chi connectivity index (χ3v) is 20.1. The smallest absolute Gasteiger partial charge is 0.364 e. The van der Waals surface area contributed by atoms with Crippen LogP contribution in [-0.2, 0) is 99.8 Å². The van der Waals surface area contributed by atoms with Crippen LogP contribution in [0.15, 0.2) is 0 Å². The van der Waals surface area contributed by atoms with E-state index in [2.05, 4.69) is 21.3 Å². The van der Waals surface area contributed by atoms with Crippen molar-refractivity contribution in [1.29, 1.82) is 0 Å². The molecule has 646 valence electrons. The maximum Gasteiger partial charge on any atom is 0.364 e. The van der Waals surface area contributed by atoms with Crippen molar-refractivity contribution in [1.82, 2.24) is 21.3 Å². The maximum absolute atomic E-state index is 13.3. The van der Waals surface area contributed by atoms with E-state index in [-0.39, 0.29) is 0 Å². The first-order valence-corrected chi connectivity index (χ1v) is 35.2. The summed E-state index contributed by atoms with van der Waals surface area (Å²) in [5.41, 5.74) is 0. The van der Waals surface area contributed by atoms with E-state index in [9.17, 15) is 156 Å². The highest BCUT2D eigenvalue weighted by atomic mass is 16.8. The summed E-state index contributed by atoms with van der Waals surface area (Å²) in [6.45, 7) is -3.29. The zero-order valence-electron chi connectivity index (χ0n) is 60.2. The van der Waals surface area contributed by atoms with Gasteiger partial charge in [0.25, 0.3) is 11.6 Å². The lowest BCUT2D eigenvalue weighted by molar-refractivity contribution is -0.393. The molecule has 29 N–H and O–H groups in total. The second kappa shape index (κ2) is 39.2. The Morgan fingerprint density at radius 2 is 0.768 bits per heavy atom. The number of aliphatic carboxylic acids is 2. The maximum atomic E-state index is 13.3. The van der Waals surface area contributed by atoms with Gasteiger partial charge in [0.1, 0.15) is 177 Å². The summed E-state index contributed by atoms with van der Waals surface area (Å²) in [5, 5.41) is 284. The van der Waals surface area contributed by atoms with E-state index in [1.165, 1.54) is 6.92 Å². The van der Waals surface area contributed by atoms with Crippen LogP contribution in [0.4, 0.5) is 0 Å². The molecule has 50 heteroatoms. The molecule has 0 saturated carbocycles. The Hall–Kier alpha value is -4.70. The van der Waals surface area contributed by atoms with Gasteiger partial charge in [0, 0.05) is 40.5 Å². The van der Waals surface area contributed by atoms with E-state index in [1.54, 1.807) is 0 Å². The fourth-order valence-electron chi connectivity index (χ4n) is 14.3. The minimum atomic E-state index is -3.30. The summed E-state index contributed by atoms with van der Waals surface area (Å²) in [6.07, 6.45) is -80.0. The summed E-state index contributed by atoms with van der Waals surface area (Å²) < 4.78 is 87.6. The van der Waals surface area contributed by atoms with E-state index < -0.39 is 351 Å². The van der Waals surface area contributed by atoms with Gasteiger partial charge in [-0.25, -0.2) is 9.59 Å². The summed E-state index contributed by atoms with van der Waals surface area (Å²) in [6, 6.07) is -7.36. The number of carbonyl (C=O) groups is 6. The summed E-state index contributed by atoms with van der Waals surface area (Å²) >= 11 is 0. The molecule has 8 aliphatic heterocycles. The van der Waals surface area contributed by atoms with Crippen LogP contribution in [0.1, 0.15) is 47.5 Å². The van der Waals surface area contributed by atoms with Crippen molar-refractivity contribution in [3.05, 3.63) is 0 Å². The number of rotatable bonds is 31. The lowest BCUT2D eigenvalue weighted by atomic mass is 9.88. The van der Waals surface area contributed by atoms with Gasteiger partial charge >= 0.3 is 11.9 Å². The monoisotopic (exact) mass is 1640 g/mol. The first kappa shape index (κ1) is 92.8. The third kappa shape index (κ3) is 20.2. The van der Waals surface area contributed by atoms with Gasteiger partial charge < -0.3 is 220 Å². The SMILES string of the molecule is CC(=O)N[C@H]1[C@H](O[C@H]2[C@@H](O)[C@H](O)[C@@H](CO[C@@H]3O[C@H](CO)[C@@H](O[C@@H]4O[C@H](CO)[C@H](O)[C@H](O[C@]5(C(=O)O)C[C@H](O)[C@@H](NC(C)=O)[C@H]([C@H](O)[C@H](O)CO)O5)[C@H]4O)[C@H](O[C@@H]4O[C@@H](C)[C@@H](O)[C@@H](O)[C@@H]4O)[C@H]3NC(C)=O)O[C@@H]2O)O[C@H](CO)[C@@H](O[C@@H]2O[C@H](CO)[C@H](O)[C@H](O[C@]3(C(=O)O)C[C@H](O)[C@@H](NC(C)=O)[C@H]([C@H](O)[C@H](O)CO)O3)[C@H]2O)[C@@H]1O. The molecule has 0 aromatic heterocycles.